The fourth-order valence-corrected chi connectivity index (χ4v) is 3.20. The Bertz CT molecular complexity index is 1260. The predicted octanol–water partition coefficient (Wildman–Crippen LogP) is 4.25. The maximum atomic E-state index is 14.0. The Hall–Kier alpha value is -3.54. The van der Waals surface area contributed by atoms with Crippen molar-refractivity contribution in [1.29, 1.82) is 0 Å². The van der Waals surface area contributed by atoms with Gasteiger partial charge in [-0.25, -0.2) is 8.78 Å². The lowest BCUT2D eigenvalue weighted by Crippen LogP contribution is -2.11. The monoisotopic (exact) mass is 365 g/mol. The normalized spacial score (nSPS) is 11.2. The molecule has 4 rings (SSSR count). The van der Waals surface area contributed by atoms with E-state index in [-0.39, 0.29) is 11.3 Å². The summed E-state index contributed by atoms with van der Waals surface area (Å²) in [7, 11) is 0. The highest BCUT2D eigenvalue weighted by Gasteiger charge is 2.21. The molecule has 1 amide bonds. The number of benzene rings is 3. The summed E-state index contributed by atoms with van der Waals surface area (Å²) in [6, 6.07) is 10.9. The minimum Gasteiger partial charge on any atom is -0.456 e. The van der Waals surface area contributed by atoms with E-state index in [9.17, 15) is 18.4 Å². The molecule has 2 N–H and O–H groups in total. The number of nitrogens with two attached hydrogens (primary N) is 1. The number of carbonyl (C=O) groups excluding carboxylic acids is 1. The maximum Gasteiger partial charge on any atom is 0.248 e. The predicted molar refractivity (Wildman–Crippen MR) is 97.7 cm³/mol. The van der Waals surface area contributed by atoms with E-state index in [1.54, 1.807) is 25.1 Å². The highest BCUT2D eigenvalue weighted by atomic mass is 19.1. The fourth-order valence-electron chi connectivity index (χ4n) is 3.20. The van der Waals surface area contributed by atoms with Crippen LogP contribution in [0.1, 0.15) is 15.9 Å². The van der Waals surface area contributed by atoms with Crippen LogP contribution in [0.2, 0.25) is 0 Å². The third-order valence-electron chi connectivity index (χ3n) is 4.53. The Morgan fingerprint density at radius 1 is 1.00 bits per heavy atom. The largest absolute Gasteiger partial charge is 0.456 e. The summed E-state index contributed by atoms with van der Waals surface area (Å²) in [6.45, 7) is 1.81. The first kappa shape index (κ1) is 16.9. The van der Waals surface area contributed by atoms with Gasteiger partial charge in [0.1, 0.15) is 17.2 Å². The van der Waals surface area contributed by atoms with E-state index in [4.69, 9.17) is 10.2 Å². The van der Waals surface area contributed by atoms with Crippen LogP contribution in [0.15, 0.2) is 57.7 Å². The Morgan fingerprint density at radius 2 is 1.78 bits per heavy atom. The number of aryl methyl sites for hydroxylation is 1. The van der Waals surface area contributed by atoms with Crippen molar-refractivity contribution in [3.63, 3.8) is 0 Å². The summed E-state index contributed by atoms with van der Waals surface area (Å²) in [6.07, 6.45) is 0. The average molecular weight is 365 g/mol. The highest BCUT2D eigenvalue weighted by Crippen LogP contribution is 2.41. The molecule has 2 aromatic carbocycles. The molecule has 2 aliphatic rings. The quantitative estimate of drug-likeness (QED) is 0.540. The lowest BCUT2D eigenvalue weighted by molar-refractivity contribution is 0.100. The molecule has 0 atom stereocenters. The first-order chi connectivity index (χ1) is 12.8. The van der Waals surface area contributed by atoms with Crippen LogP contribution in [-0.2, 0) is 0 Å². The van der Waals surface area contributed by atoms with E-state index < -0.39 is 23.0 Å². The second-order valence-corrected chi connectivity index (χ2v) is 6.29. The van der Waals surface area contributed by atoms with Crippen LogP contribution in [0.3, 0.4) is 0 Å². The van der Waals surface area contributed by atoms with Gasteiger partial charge in [0.2, 0.25) is 11.3 Å². The van der Waals surface area contributed by atoms with Gasteiger partial charge in [-0.1, -0.05) is 6.07 Å². The zero-order valence-corrected chi connectivity index (χ0v) is 14.2. The van der Waals surface area contributed by atoms with E-state index in [1.165, 1.54) is 18.2 Å². The lowest BCUT2D eigenvalue weighted by Gasteiger charge is -2.17. The van der Waals surface area contributed by atoms with Crippen molar-refractivity contribution in [2.45, 2.75) is 6.92 Å². The Morgan fingerprint density at radius 3 is 2.52 bits per heavy atom. The number of rotatable bonds is 2. The van der Waals surface area contributed by atoms with Crippen molar-refractivity contribution < 1.29 is 18.0 Å². The van der Waals surface area contributed by atoms with E-state index in [1.807, 2.05) is 0 Å². The van der Waals surface area contributed by atoms with Gasteiger partial charge in [-0.05, 0) is 54.4 Å². The molecule has 0 unspecified atom stereocenters. The molecule has 0 aromatic heterocycles. The lowest BCUT2D eigenvalue weighted by atomic mass is 9.90. The molecular formula is C21H13F2NO3. The van der Waals surface area contributed by atoms with Crippen molar-refractivity contribution in [1.82, 2.24) is 0 Å². The molecule has 0 fully saturated rings. The third-order valence-corrected chi connectivity index (χ3v) is 4.53. The molecule has 134 valence electrons. The van der Waals surface area contributed by atoms with Gasteiger partial charge in [0.25, 0.3) is 0 Å². The molecule has 1 heterocycles. The van der Waals surface area contributed by atoms with E-state index in [2.05, 4.69) is 0 Å². The summed E-state index contributed by atoms with van der Waals surface area (Å²) in [4.78, 5) is 23.3. The van der Waals surface area contributed by atoms with Crippen molar-refractivity contribution in [3.05, 3.63) is 81.5 Å². The summed E-state index contributed by atoms with van der Waals surface area (Å²) in [5, 5.41) is 0.394. The number of hydrogen-bond acceptors (Lipinski definition) is 3. The van der Waals surface area contributed by atoms with Gasteiger partial charge in [0.15, 0.2) is 5.82 Å². The van der Waals surface area contributed by atoms with Crippen LogP contribution >= 0.6 is 0 Å². The average Bonchev–Trinajstić information content (AvgIpc) is 2.62. The first-order valence-corrected chi connectivity index (χ1v) is 8.11. The molecule has 27 heavy (non-hydrogen) atoms. The van der Waals surface area contributed by atoms with Crippen LogP contribution in [0, 0.1) is 18.6 Å². The van der Waals surface area contributed by atoms with E-state index in [0.29, 0.717) is 27.7 Å². The molecular weight excluding hydrogens is 352 g/mol. The minimum absolute atomic E-state index is 0.166. The SMILES string of the molecule is Cc1ccc(C(N)=O)cc1-c1c2cc(F)c(=O)cc-2oc2ccc(F)cc12. The maximum absolute atomic E-state index is 14.0. The standard InChI is InChI=1S/C21H13F2NO3/c1-10-2-3-11(21(24)26)6-13(10)20-14-7-12(22)4-5-18(14)27-19-9-17(25)16(23)8-15(19)20/h2-9H,1H3,(H2,24,26). The van der Waals surface area contributed by atoms with E-state index >= 15 is 0 Å². The molecule has 1 aliphatic heterocycles. The Labute approximate surface area is 152 Å². The first-order valence-electron chi connectivity index (χ1n) is 8.11. The zero-order valence-electron chi connectivity index (χ0n) is 14.2. The Kier molecular flexibility index (Phi) is 3.77. The van der Waals surface area contributed by atoms with Gasteiger partial charge in [0, 0.05) is 28.1 Å². The summed E-state index contributed by atoms with van der Waals surface area (Å²) in [5.74, 6) is -1.90. The number of primary amides is 1. The van der Waals surface area contributed by atoms with Crippen molar-refractivity contribution in [2.75, 3.05) is 0 Å². The van der Waals surface area contributed by atoms with Gasteiger partial charge in [0.05, 0.1) is 0 Å². The van der Waals surface area contributed by atoms with E-state index in [0.717, 1.165) is 17.7 Å². The minimum atomic E-state index is -0.946. The Balaban J connectivity index is 2.22. The molecule has 2 aromatic rings. The molecule has 6 heteroatoms. The van der Waals surface area contributed by atoms with Gasteiger partial charge in [-0.3, -0.25) is 9.59 Å². The van der Waals surface area contributed by atoms with Crippen molar-refractivity contribution >= 4 is 16.9 Å². The number of carbonyl (C=O) groups is 1. The van der Waals surface area contributed by atoms with Crippen LogP contribution in [0.25, 0.3) is 33.4 Å². The van der Waals surface area contributed by atoms with Gasteiger partial charge >= 0.3 is 0 Å². The third kappa shape index (κ3) is 2.75. The van der Waals surface area contributed by atoms with Crippen LogP contribution in [-0.4, -0.2) is 5.91 Å². The van der Waals surface area contributed by atoms with Crippen molar-refractivity contribution in [2.24, 2.45) is 5.73 Å². The smallest absolute Gasteiger partial charge is 0.248 e. The molecule has 1 aliphatic carbocycles. The molecule has 0 saturated heterocycles. The molecule has 0 radical (unpaired) electrons. The topological polar surface area (TPSA) is 73.3 Å². The summed E-state index contributed by atoms with van der Waals surface area (Å²) >= 11 is 0. The van der Waals surface area contributed by atoms with Crippen LogP contribution in [0.5, 0.6) is 0 Å². The highest BCUT2D eigenvalue weighted by molar-refractivity contribution is 6.04. The number of fused-ring (bicyclic) bond motifs is 2. The molecule has 0 bridgehead atoms. The summed E-state index contributed by atoms with van der Waals surface area (Å²) in [5.41, 5.74) is 7.27. The second kappa shape index (κ2) is 6.02. The number of amides is 1. The van der Waals surface area contributed by atoms with Gasteiger partial charge < -0.3 is 10.2 Å². The van der Waals surface area contributed by atoms with Crippen molar-refractivity contribution in [3.8, 4) is 22.5 Å². The summed E-state index contributed by atoms with van der Waals surface area (Å²) < 4.78 is 33.7. The van der Waals surface area contributed by atoms with Gasteiger partial charge in [-0.15, -0.1) is 0 Å². The number of halogens is 2. The second-order valence-electron chi connectivity index (χ2n) is 6.29. The van der Waals surface area contributed by atoms with Crippen LogP contribution in [0.4, 0.5) is 8.78 Å². The van der Waals surface area contributed by atoms with Gasteiger partial charge in [-0.2, -0.15) is 0 Å². The fraction of sp³-hybridized carbons (Fsp3) is 0.0476. The molecule has 4 nitrogen and oxygen atoms in total. The van der Waals surface area contributed by atoms with Crippen LogP contribution < -0.4 is 11.2 Å². The molecule has 0 spiro atoms. The number of hydrogen-bond donors (Lipinski definition) is 1. The molecule has 0 saturated carbocycles. The zero-order chi connectivity index (χ0) is 19.3.